The van der Waals surface area contributed by atoms with E-state index in [2.05, 4.69) is 0 Å². The second-order valence-corrected chi connectivity index (χ2v) is 4.40. The molecule has 4 heteroatoms. The summed E-state index contributed by atoms with van der Waals surface area (Å²) in [5.41, 5.74) is 7.45. The van der Waals surface area contributed by atoms with Crippen molar-refractivity contribution in [3.05, 3.63) is 65.7 Å². The van der Waals surface area contributed by atoms with E-state index in [9.17, 15) is 0 Å². The van der Waals surface area contributed by atoms with Crippen molar-refractivity contribution >= 4 is 17.2 Å². The fraction of sp³-hybridized carbons (Fsp3) is 0.133. The highest BCUT2D eigenvalue weighted by Crippen LogP contribution is 2.17. The van der Waals surface area contributed by atoms with E-state index < -0.39 is 0 Å². The van der Waals surface area contributed by atoms with Crippen molar-refractivity contribution in [2.45, 2.75) is 6.61 Å². The second kappa shape index (κ2) is 6.87. The molecule has 0 aromatic heterocycles. The van der Waals surface area contributed by atoms with E-state index in [-0.39, 0.29) is 6.79 Å². The van der Waals surface area contributed by atoms with Gasteiger partial charge >= 0.3 is 0 Å². The lowest BCUT2D eigenvalue weighted by Crippen LogP contribution is -2.12. The van der Waals surface area contributed by atoms with E-state index in [0.29, 0.717) is 17.3 Å². The van der Waals surface area contributed by atoms with Crippen molar-refractivity contribution in [1.29, 1.82) is 0 Å². The van der Waals surface area contributed by atoms with Crippen molar-refractivity contribution in [1.82, 2.24) is 0 Å². The standard InChI is InChI=1S/C15H15NO2S/c16-15(19)13-8-4-5-9-14(13)18-11-17-10-12-6-2-1-3-7-12/h1-9H,10-11H2,(H2,16,19). The van der Waals surface area contributed by atoms with Gasteiger partial charge in [0.05, 0.1) is 12.2 Å². The van der Waals surface area contributed by atoms with Crippen LogP contribution in [0.2, 0.25) is 0 Å². The number of ether oxygens (including phenoxy) is 2. The number of hydrogen-bond acceptors (Lipinski definition) is 3. The second-order valence-electron chi connectivity index (χ2n) is 3.96. The topological polar surface area (TPSA) is 44.5 Å². The van der Waals surface area contributed by atoms with Gasteiger partial charge < -0.3 is 15.2 Å². The van der Waals surface area contributed by atoms with Crippen LogP contribution in [0.5, 0.6) is 5.75 Å². The minimum Gasteiger partial charge on any atom is -0.467 e. The first kappa shape index (κ1) is 13.5. The Hall–Kier alpha value is -1.91. The van der Waals surface area contributed by atoms with Crippen LogP contribution in [0, 0.1) is 0 Å². The third-order valence-electron chi connectivity index (χ3n) is 2.56. The molecule has 2 aromatic carbocycles. The number of rotatable bonds is 6. The van der Waals surface area contributed by atoms with Crippen LogP contribution in [0.15, 0.2) is 54.6 Å². The maximum Gasteiger partial charge on any atom is 0.189 e. The minimum absolute atomic E-state index is 0.161. The normalized spacial score (nSPS) is 10.1. The van der Waals surface area contributed by atoms with Crippen molar-refractivity contribution in [3.8, 4) is 5.75 Å². The van der Waals surface area contributed by atoms with Crippen LogP contribution < -0.4 is 10.5 Å². The largest absolute Gasteiger partial charge is 0.467 e. The maximum atomic E-state index is 5.62. The molecule has 0 fully saturated rings. The molecule has 0 unspecified atom stereocenters. The Kier molecular flexibility index (Phi) is 4.89. The Morgan fingerprint density at radius 3 is 2.42 bits per heavy atom. The van der Waals surface area contributed by atoms with Crippen molar-refractivity contribution in [2.75, 3.05) is 6.79 Å². The van der Waals surface area contributed by atoms with Gasteiger partial charge in [-0.25, -0.2) is 0 Å². The summed E-state index contributed by atoms with van der Waals surface area (Å²) in [7, 11) is 0. The predicted molar refractivity (Wildman–Crippen MR) is 79.1 cm³/mol. The van der Waals surface area contributed by atoms with Crippen LogP contribution in [-0.4, -0.2) is 11.8 Å². The number of para-hydroxylation sites is 1. The van der Waals surface area contributed by atoms with E-state index >= 15 is 0 Å². The SMILES string of the molecule is NC(=S)c1ccccc1OCOCc1ccccc1. The zero-order valence-electron chi connectivity index (χ0n) is 10.4. The molecule has 98 valence electrons. The molecular formula is C15H15NO2S. The van der Waals surface area contributed by atoms with Gasteiger partial charge in [-0.15, -0.1) is 0 Å². The maximum absolute atomic E-state index is 5.62. The summed E-state index contributed by atoms with van der Waals surface area (Å²) in [6, 6.07) is 17.3. The Labute approximate surface area is 118 Å². The summed E-state index contributed by atoms with van der Waals surface area (Å²) in [4.78, 5) is 0.318. The van der Waals surface area contributed by atoms with Gasteiger partial charge in [0, 0.05) is 0 Å². The summed E-state index contributed by atoms with van der Waals surface area (Å²) in [6.07, 6.45) is 0. The average Bonchev–Trinajstić information content (AvgIpc) is 2.45. The molecule has 0 spiro atoms. The summed E-state index contributed by atoms with van der Waals surface area (Å²) >= 11 is 4.96. The lowest BCUT2D eigenvalue weighted by molar-refractivity contribution is 0.00496. The Balaban J connectivity index is 1.85. The van der Waals surface area contributed by atoms with Crippen LogP contribution in [0.3, 0.4) is 0 Å². The molecule has 3 nitrogen and oxygen atoms in total. The van der Waals surface area contributed by atoms with E-state index in [0.717, 1.165) is 11.1 Å². The van der Waals surface area contributed by atoms with Crippen molar-refractivity contribution in [2.24, 2.45) is 5.73 Å². The lowest BCUT2D eigenvalue weighted by Gasteiger charge is -2.10. The fourth-order valence-corrected chi connectivity index (χ4v) is 1.80. The molecule has 0 aliphatic carbocycles. The Morgan fingerprint density at radius 2 is 1.68 bits per heavy atom. The molecular weight excluding hydrogens is 258 g/mol. The summed E-state index contributed by atoms with van der Waals surface area (Å²) in [5, 5.41) is 0. The third kappa shape index (κ3) is 4.05. The van der Waals surface area contributed by atoms with E-state index in [1.165, 1.54) is 0 Å². The van der Waals surface area contributed by atoms with Crippen LogP contribution in [0.4, 0.5) is 0 Å². The van der Waals surface area contributed by atoms with Gasteiger partial charge in [-0.05, 0) is 17.7 Å². The number of benzene rings is 2. The quantitative estimate of drug-likeness (QED) is 0.499. The third-order valence-corrected chi connectivity index (χ3v) is 2.78. The molecule has 2 aromatic rings. The highest BCUT2D eigenvalue weighted by Gasteiger charge is 2.04. The van der Waals surface area contributed by atoms with Crippen molar-refractivity contribution < 1.29 is 9.47 Å². The minimum atomic E-state index is 0.161. The smallest absolute Gasteiger partial charge is 0.189 e. The molecule has 0 atom stereocenters. The predicted octanol–water partition coefficient (Wildman–Crippen LogP) is 2.87. The fourth-order valence-electron chi connectivity index (χ4n) is 1.63. The number of thiocarbonyl (C=S) groups is 1. The molecule has 2 N–H and O–H groups in total. The zero-order valence-corrected chi connectivity index (χ0v) is 11.2. The summed E-state index contributed by atoms with van der Waals surface area (Å²) < 4.78 is 11.0. The molecule has 0 aliphatic rings. The Bertz CT molecular complexity index is 543. The van der Waals surface area contributed by atoms with Gasteiger partial charge in [-0.2, -0.15) is 0 Å². The highest BCUT2D eigenvalue weighted by molar-refractivity contribution is 7.80. The average molecular weight is 273 g/mol. The lowest BCUT2D eigenvalue weighted by atomic mass is 10.2. The van der Waals surface area contributed by atoms with Gasteiger partial charge in [0.1, 0.15) is 10.7 Å². The van der Waals surface area contributed by atoms with E-state index in [4.69, 9.17) is 27.4 Å². The van der Waals surface area contributed by atoms with Crippen LogP contribution in [0.1, 0.15) is 11.1 Å². The van der Waals surface area contributed by atoms with Crippen LogP contribution in [-0.2, 0) is 11.3 Å². The van der Waals surface area contributed by atoms with Gasteiger partial charge in [0.15, 0.2) is 6.79 Å². The first-order valence-corrected chi connectivity index (χ1v) is 6.31. The van der Waals surface area contributed by atoms with E-state index in [1.54, 1.807) is 0 Å². The number of hydrogen-bond donors (Lipinski definition) is 1. The van der Waals surface area contributed by atoms with Crippen LogP contribution >= 0.6 is 12.2 Å². The molecule has 19 heavy (non-hydrogen) atoms. The van der Waals surface area contributed by atoms with Gasteiger partial charge in [-0.1, -0.05) is 54.7 Å². The van der Waals surface area contributed by atoms with Gasteiger partial charge in [-0.3, -0.25) is 0 Å². The molecule has 2 rings (SSSR count). The molecule has 0 heterocycles. The molecule has 0 bridgehead atoms. The van der Waals surface area contributed by atoms with Gasteiger partial charge in [0.2, 0.25) is 0 Å². The Morgan fingerprint density at radius 1 is 1.00 bits per heavy atom. The summed E-state index contributed by atoms with van der Waals surface area (Å²) in [6.45, 7) is 0.671. The molecule has 0 saturated heterocycles. The molecule has 0 radical (unpaired) electrons. The molecule has 0 amide bonds. The van der Waals surface area contributed by atoms with Gasteiger partial charge in [0.25, 0.3) is 0 Å². The number of nitrogens with two attached hydrogens (primary N) is 1. The summed E-state index contributed by atoms with van der Waals surface area (Å²) in [5.74, 6) is 0.642. The van der Waals surface area contributed by atoms with Crippen LogP contribution in [0.25, 0.3) is 0 Å². The van der Waals surface area contributed by atoms with E-state index in [1.807, 2.05) is 54.6 Å². The monoisotopic (exact) mass is 273 g/mol. The van der Waals surface area contributed by atoms with Crippen molar-refractivity contribution in [3.63, 3.8) is 0 Å². The molecule has 0 saturated carbocycles. The highest BCUT2D eigenvalue weighted by atomic mass is 32.1. The molecule has 0 aliphatic heterocycles. The first-order valence-electron chi connectivity index (χ1n) is 5.90. The first-order chi connectivity index (χ1) is 9.27. The zero-order chi connectivity index (χ0) is 13.5.